The number of carbonyl (C=O) groups excluding carboxylic acids is 1. The second-order valence-electron chi connectivity index (χ2n) is 3.25. The second-order valence-corrected chi connectivity index (χ2v) is 4.05. The van der Waals surface area contributed by atoms with E-state index in [1.54, 1.807) is 19.1 Å². The number of hydrogen-bond acceptors (Lipinski definition) is 4. The van der Waals surface area contributed by atoms with Crippen molar-refractivity contribution < 1.29 is 14.3 Å². The van der Waals surface area contributed by atoms with Gasteiger partial charge in [0, 0.05) is 0 Å². The molecule has 90 valence electrons. The monoisotopic (exact) mass is 297 g/mol. The molecule has 1 aromatic rings. The average Bonchev–Trinajstić information content (AvgIpc) is 2.31. The Morgan fingerprint density at radius 3 is 2.76 bits per heavy atom. The molecule has 0 unspecified atom stereocenters. The number of carbonyl (C=O) groups is 1. The van der Waals surface area contributed by atoms with Gasteiger partial charge in [-0.3, -0.25) is 4.79 Å². The summed E-state index contributed by atoms with van der Waals surface area (Å²) >= 11 is 3.27. The quantitative estimate of drug-likeness (QED) is 0.801. The largest absolute Gasteiger partial charge is 0.496 e. The summed E-state index contributed by atoms with van der Waals surface area (Å²) in [5.74, 6) is 0.212. The minimum absolute atomic E-state index is 0.131. The van der Waals surface area contributed by atoms with Crippen LogP contribution in [-0.2, 0) is 16.0 Å². The minimum Gasteiger partial charge on any atom is -0.496 e. The van der Waals surface area contributed by atoms with Gasteiger partial charge in [-0.1, -0.05) is 0 Å². The molecule has 0 spiro atoms. The van der Waals surface area contributed by atoms with Gasteiger partial charge in [-0.15, -0.1) is 0 Å². The van der Waals surface area contributed by atoms with Crippen LogP contribution >= 0.6 is 15.9 Å². The van der Waals surface area contributed by atoms with Crippen molar-refractivity contribution in [3.8, 4) is 11.8 Å². The zero-order valence-electron chi connectivity index (χ0n) is 9.62. The second kappa shape index (κ2) is 6.26. The van der Waals surface area contributed by atoms with Crippen molar-refractivity contribution >= 4 is 21.9 Å². The lowest BCUT2D eigenvalue weighted by Gasteiger charge is -2.08. The van der Waals surface area contributed by atoms with Crippen LogP contribution in [0, 0.1) is 11.3 Å². The molecule has 0 saturated carbocycles. The van der Waals surface area contributed by atoms with Gasteiger partial charge in [0.25, 0.3) is 0 Å². The minimum atomic E-state index is -0.319. The molecule has 0 aliphatic carbocycles. The molecule has 0 aliphatic heterocycles. The molecule has 1 rings (SSSR count). The Labute approximate surface area is 108 Å². The molecule has 0 heterocycles. The summed E-state index contributed by atoms with van der Waals surface area (Å²) in [6, 6.07) is 5.39. The maximum atomic E-state index is 11.3. The molecule has 0 aromatic heterocycles. The van der Waals surface area contributed by atoms with Crippen LogP contribution in [0.25, 0.3) is 0 Å². The zero-order chi connectivity index (χ0) is 12.8. The number of halogens is 1. The smallest absolute Gasteiger partial charge is 0.310 e. The van der Waals surface area contributed by atoms with Crippen molar-refractivity contribution in [2.24, 2.45) is 0 Å². The molecule has 0 atom stereocenters. The van der Waals surface area contributed by atoms with Crippen molar-refractivity contribution in [1.29, 1.82) is 5.26 Å². The van der Waals surface area contributed by atoms with Crippen LogP contribution in [0.5, 0.6) is 5.75 Å². The summed E-state index contributed by atoms with van der Waals surface area (Å²) in [4.78, 5) is 11.3. The molecule has 1 aromatic carbocycles. The first-order valence-electron chi connectivity index (χ1n) is 5.04. The first kappa shape index (κ1) is 13.5. The summed E-state index contributed by atoms with van der Waals surface area (Å²) in [6.45, 7) is 2.10. The van der Waals surface area contributed by atoms with Crippen LogP contribution in [0.2, 0.25) is 0 Å². The third-order valence-electron chi connectivity index (χ3n) is 2.09. The topological polar surface area (TPSA) is 59.3 Å². The molecular weight excluding hydrogens is 286 g/mol. The fourth-order valence-electron chi connectivity index (χ4n) is 1.37. The van der Waals surface area contributed by atoms with Crippen molar-refractivity contribution in [2.75, 3.05) is 13.7 Å². The standard InChI is InChI=1S/C12H12BrNO3/c1-3-17-11(15)6-8-4-9(7-14)12(13)10(5-8)16-2/h4-5H,3,6H2,1-2H3. The number of hydrogen-bond donors (Lipinski definition) is 0. The maximum Gasteiger partial charge on any atom is 0.310 e. The van der Waals surface area contributed by atoms with Crippen molar-refractivity contribution in [2.45, 2.75) is 13.3 Å². The summed E-state index contributed by atoms with van der Waals surface area (Å²) < 4.78 is 10.6. The van der Waals surface area contributed by atoms with Gasteiger partial charge in [0.15, 0.2) is 0 Å². The van der Waals surface area contributed by atoms with Gasteiger partial charge in [0.05, 0.1) is 30.2 Å². The van der Waals surface area contributed by atoms with Gasteiger partial charge in [-0.2, -0.15) is 5.26 Å². The normalized spacial score (nSPS) is 9.53. The van der Waals surface area contributed by atoms with Gasteiger partial charge < -0.3 is 9.47 Å². The van der Waals surface area contributed by atoms with E-state index in [4.69, 9.17) is 14.7 Å². The third kappa shape index (κ3) is 3.46. The Balaban J connectivity index is 3.02. The Morgan fingerprint density at radius 1 is 1.53 bits per heavy atom. The molecule has 0 bridgehead atoms. The van der Waals surface area contributed by atoms with Gasteiger partial charge in [-0.25, -0.2) is 0 Å². The van der Waals surface area contributed by atoms with Gasteiger partial charge in [0.1, 0.15) is 11.8 Å². The number of rotatable bonds is 4. The molecule has 0 radical (unpaired) electrons. The molecule has 0 fully saturated rings. The van der Waals surface area contributed by atoms with E-state index in [1.165, 1.54) is 7.11 Å². The maximum absolute atomic E-state index is 11.3. The summed E-state index contributed by atoms with van der Waals surface area (Å²) in [6.07, 6.45) is 0.131. The molecule has 0 saturated heterocycles. The predicted molar refractivity (Wildman–Crippen MR) is 65.7 cm³/mol. The number of ether oxygens (including phenoxy) is 2. The van der Waals surface area contributed by atoms with E-state index in [9.17, 15) is 4.79 Å². The first-order valence-corrected chi connectivity index (χ1v) is 5.83. The Hall–Kier alpha value is -1.54. The summed E-state index contributed by atoms with van der Waals surface area (Å²) in [5, 5.41) is 8.95. The third-order valence-corrected chi connectivity index (χ3v) is 2.91. The molecule has 0 N–H and O–H groups in total. The highest BCUT2D eigenvalue weighted by molar-refractivity contribution is 9.10. The summed E-state index contributed by atoms with van der Waals surface area (Å²) in [5.41, 5.74) is 1.13. The van der Waals surface area contributed by atoms with Crippen LogP contribution in [-0.4, -0.2) is 19.7 Å². The molecule has 4 nitrogen and oxygen atoms in total. The zero-order valence-corrected chi connectivity index (χ0v) is 11.2. The highest BCUT2D eigenvalue weighted by Gasteiger charge is 2.11. The fraction of sp³-hybridized carbons (Fsp3) is 0.333. The molecular formula is C12H12BrNO3. The van der Waals surface area contributed by atoms with E-state index in [0.29, 0.717) is 28.0 Å². The lowest BCUT2D eigenvalue weighted by Crippen LogP contribution is -2.08. The molecule has 0 amide bonds. The van der Waals surface area contributed by atoms with Gasteiger partial charge in [0.2, 0.25) is 0 Å². The van der Waals surface area contributed by atoms with Crippen LogP contribution < -0.4 is 4.74 Å². The number of nitrogens with zero attached hydrogens (tertiary/aromatic N) is 1. The van der Waals surface area contributed by atoms with E-state index in [2.05, 4.69) is 15.9 Å². The van der Waals surface area contributed by atoms with Crippen LogP contribution in [0.1, 0.15) is 18.1 Å². The highest BCUT2D eigenvalue weighted by Crippen LogP contribution is 2.30. The number of nitriles is 1. The van der Waals surface area contributed by atoms with E-state index in [-0.39, 0.29) is 12.4 Å². The first-order chi connectivity index (χ1) is 8.12. The number of esters is 1. The fourth-order valence-corrected chi connectivity index (χ4v) is 1.84. The molecule has 17 heavy (non-hydrogen) atoms. The Kier molecular flexibility index (Phi) is 4.98. The van der Waals surface area contributed by atoms with E-state index < -0.39 is 0 Å². The van der Waals surface area contributed by atoms with Crippen molar-refractivity contribution in [3.05, 3.63) is 27.7 Å². The average molecular weight is 298 g/mol. The van der Waals surface area contributed by atoms with E-state index in [1.807, 2.05) is 6.07 Å². The Bertz CT molecular complexity index is 466. The molecule has 0 aliphatic rings. The van der Waals surface area contributed by atoms with Crippen molar-refractivity contribution in [1.82, 2.24) is 0 Å². The van der Waals surface area contributed by atoms with Crippen LogP contribution in [0.3, 0.4) is 0 Å². The van der Waals surface area contributed by atoms with Crippen LogP contribution in [0.15, 0.2) is 16.6 Å². The summed E-state index contributed by atoms with van der Waals surface area (Å²) in [7, 11) is 1.51. The number of methoxy groups -OCH3 is 1. The highest BCUT2D eigenvalue weighted by atomic mass is 79.9. The SMILES string of the molecule is CCOC(=O)Cc1cc(C#N)c(Br)c(OC)c1. The lowest BCUT2D eigenvalue weighted by molar-refractivity contribution is -0.142. The van der Waals surface area contributed by atoms with Crippen LogP contribution in [0.4, 0.5) is 0 Å². The number of benzene rings is 1. The van der Waals surface area contributed by atoms with E-state index >= 15 is 0 Å². The predicted octanol–water partition coefficient (Wildman–Crippen LogP) is 2.43. The van der Waals surface area contributed by atoms with Gasteiger partial charge >= 0.3 is 5.97 Å². The van der Waals surface area contributed by atoms with E-state index in [0.717, 1.165) is 0 Å². The van der Waals surface area contributed by atoms with Gasteiger partial charge in [-0.05, 0) is 40.5 Å². The Morgan fingerprint density at radius 2 is 2.24 bits per heavy atom. The van der Waals surface area contributed by atoms with Crippen molar-refractivity contribution in [3.63, 3.8) is 0 Å². The lowest BCUT2D eigenvalue weighted by atomic mass is 10.1. The molecule has 5 heteroatoms.